The van der Waals surface area contributed by atoms with Crippen molar-refractivity contribution in [2.24, 2.45) is 0 Å². The maximum Gasteiger partial charge on any atom is 0.148 e. The quantitative estimate of drug-likeness (QED) is 0.622. The third-order valence-corrected chi connectivity index (χ3v) is 3.75. The van der Waals surface area contributed by atoms with Crippen molar-refractivity contribution < 1.29 is 4.39 Å². The number of halogens is 1. The molecule has 0 saturated heterocycles. The molecule has 80 valence electrons. The second-order valence-corrected chi connectivity index (χ2v) is 5.79. The van der Waals surface area contributed by atoms with Gasteiger partial charge in [-0.2, -0.15) is 0 Å². The van der Waals surface area contributed by atoms with E-state index in [1.54, 1.807) is 6.07 Å². The van der Waals surface area contributed by atoms with Crippen LogP contribution in [0.25, 0.3) is 10.1 Å². The average Bonchev–Trinajstić information content (AvgIpc) is 2.58. The van der Waals surface area contributed by atoms with E-state index >= 15 is 0 Å². The van der Waals surface area contributed by atoms with Crippen LogP contribution in [0.2, 0.25) is 0 Å². The topological polar surface area (TPSA) is 4.93 Å². The summed E-state index contributed by atoms with van der Waals surface area (Å²) in [6.07, 6.45) is 1.50. The first-order chi connectivity index (χ1) is 6.91. The van der Waals surface area contributed by atoms with Gasteiger partial charge in [0.15, 0.2) is 0 Å². The lowest BCUT2D eigenvalue weighted by Crippen LogP contribution is -2.22. The highest BCUT2D eigenvalue weighted by Gasteiger charge is 2.16. The van der Waals surface area contributed by atoms with Crippen LogP contribution in [0.5, 0.6) is 0 Å². The fourth-order valence-corrected chi connectivity index (χ4v) is 2.92. The summed E-state index contributed by atoms with van der Waals surface area (Å²) < 4.78 is 17.1. The minimum Gasteiger partial charge on any atom is -0.330 e. The lowest BCUT2D eigenvalue weighted by atomic mass is 10.1. The predicted octanol–water partition coefficient (Wildman–Crippen LogP) is 4.33. The Morgan fingerprint density at radius 2 is 2.07 bits per heavy atom. The maximum absolute atomic E-state index is 13.7. The van der Waals surface area contributed by atoms with Gasteiger partial charge in [0.25, 0.3) is 0 Å². The Morgan fingerprint density at radius 3 is 2.67 bits per heavy atom. The molecule has 2 heterocycles. The minimum atomic E-state index is -0.199. The standard InChI is InChI=1S/C11H12FNS2/c1-11(2,3)13-6-8(12)7-4-5-15-9(7)10(13)14/h4-6H,1-3H3. The van der Waals surface area contributed by atoms with Gasteiger partial charge in [0.2, 0.25) is 0 Å². The van der Waals surface area contributed by atoms with Crippen molar-refractivity contribution in [2.45, 2.75) is 26.3 Å². The summed E-state index contributed by atoms with van der Waals surface area (Å²) in [5.41, 5.74) is -0.184. The van der Waals surface area contributed by atoms with Crippen molar-refractivity contribution in [3.63, 3.8) is 0 Å². The van der Waals surface area contributed by atoms with Crippen molar-refractivity contribution in [2.75, 3.05) is 0 Å². The number of pyridine rings is 1. The first kappa shape index (κ1) is 10.8. The predicted molar refractivity (Wildman–Crippen MR) is 65.6 cm³/mol. The number of thiophene rings is 1. The number of rotatable bonds is 0. The van der Waals surface area contributed by atoms with Crippen LogP contribution in [0.1, 0.15) is 20.8 Å². The molecule has 0 bridgehead atoms. The first-order valence-electron chi connectivity index (χ1n) is 4.70. The molecular weight excluding hydrogens is 229 g/mol. The van der Waals surface area contributed by atoms with Crippen LogP contribution < -0.4 is 0 Å². The van der Waals surface area contributed by atoms with E-state index in [-0.39, 0.29) is 11.4 Å². The molecule has 0 aliphatic rings. The number of aromatic nitrogens is 1. The van der Waals surface area contributed by atoms with Crippen LogP contribution in [0.15, 0.2) is 17.6 Å². The van der Waals surface area contributed by atoms with Gasteiger partial charge in [-0.3, -0.25) is 0 Å². The highest BCUT2D eigenvalue weighted by atomic mass is 32.1. The Morgan fingerprint density at radius 1 is 1.40 bits per heavy atom. The second-order valence-electron chi connectivity index (χ2n) is 4.49. The van der Waals surface area contributed by atoms with Crippen LogP contribution in [0, 0.1) is 10.5 Å². The van der Waals surface area contributed by atoms with E-state index in [2.05, 4.69) is 0 Å². The van der Waals surface area contributed by atoms with Gasteiger partial charge in [-0.15, -0.1) is 11.3 Å². The van der Waals surface area contributed by atoms with E-state index in [0.29, 0.717) is 10.0 Å². The molecule has 0 amide bonds. The van der Waals surface area contributed by atoms with E-state index in [1.807, 2.05) is 30.7 Å². The highest BCUT2D eigenvalue weighted by Crippen LogP contribution is 2.27. The SMILES string of the molecule is CC(C)(C)n1cc(F)c2ccsc2c1=S. The fourth-order valence-electron chi connectivity index (χ4n) is 1.51. The Bertz CT molecular complexity index is 560. The molecule has 0 atom stereocenters. The molecule has 0 aromatic carbocycles. The molecule has 0 saturated carbocycles. The zero-order valence-corrected chi connectivity index (χ0v) is 10.5. The van der Waals surface area contributed by atoms with Crippen LogP contribution >= 0.6 is 23.6 Å². The molecule has 0 aliphatic heterocycles. The van der Waals surface area contributed by atoms with Gasteiger partial charge in [-0.05, 0) is 32.2 Å². The molecule has 1 nitrogen and oxygen atoms in total. The van der Waals surface area contributed by atoms with Crippen LogP contribution in [0.4, 0.5) is 4.39 Å². The number of fused-ring (bicyclic) bond motifs is 1. The van der Waals surface area contributed by atoms with E-state index in [0.717, 1.165) is 4.70 Å². The molecule has 0 spiro atoms. The zero-order valence-electron chi connectivity index (χ0n) is 8.87. The molecule has 2 aromatic rings. The summed E-state index contributed by atoms with van der Waals surface area (Å²) in [6, 6.07) is 1.78. The Balaban J connectivity index is 2.90. The number of hydrogen-bond acceptors (Lipinski definition) is 2. The van der Waals surface area contributed by atoms with Crippen molar-refractivity contribution in [1.29, 1.82) is 0 Å². The summed E-state index contributed by atoms with van der Waals surface area (Å²) in [6.45, 7) is 6.05. The van der Waals surface area contributed by atoms with Gasteiger partial charge in [0.1, 0.15) is 10.5 Å². The monoisotopic (exact) mass is 241 g/mol. The van der Waals surface area contributed by atoms with Gasteiger partial charge in [-0.25, -0.2) is 4.39 Å². The largest absolute Gasteiger partial charge is 0.330 e. The molecular formula is C11H12FNS2. The molecule has 0 radical (unpaired) electrons. The molecule has 0 unspecified atom stereocenters. The third-order valence-electron chi connectivity index (χ3n) is 2.30. The van der Waals surface area contributed by atoms with Gasteiger partial charge in [0.05, 0.1) is 4.70 Å². The van der Waals surface area contributed by atoms with Crippen LogP contribution in [-0.2, 0) is 5.54 Å². The van der Waals surface area contributed by atoms with E-state index in [9.17, 15) is 4.39 Å². The summed E-state index contributed by atoms with van der Waals surface area (Å²) in [5, 5.41) is 2.50. The van der Waals surface area contributed by atoms with Crippen molar-refractivity contribution in [3.05, 3.63) is 28.1 Å². The van der Waals surface area contributed by atoms with Gasteiger partial charge in [-0.1, -0.05) is 12.2 Å². The smallest absolute Gasteiger partial charge is 0.148 e. The second kappa shape index (κ2) is 3.39. The molecule has 4 heteroatoms. The normalized spacial score (nSPS) is 12.3. The number of nitrogens with zero attached hydrogens (tertiary/aromatic N) is 1. The Labute approximate surface area is 97.2 Å². The fraction of sp³-hybridized carbons (Fsp3) is 0.364. The summed E-state index contributed by atoms with van der Waals surface area (Å²) in [5.74, 6) is -0.199. The van der Waals surface area contributed by atoms with Crippen LogP contribution in [0.3, 0.4) is 0 Å². The maximum atomic E-state index is 13.7. The lowest BCUT2D eigenvalue weighted by Gasteiger charge is -2.23. The molecule has 0 fully saturated rings. The first-order valence-corrected chi connectivity index (χ1v) is 5.99. The zero-order chi connectivity index (χ0) is 11.2. The molecule has 0 aliphatic carbocycles. The highest BCUT2D eigenvalue weighted by molar-refractivity contribution is 7.71. The van der Waals surface area contributed by atoms with E-state index in [4.69, 9.17) is 12.2 Å². The van der Waals surface area contributed by atoms with Gasteiger partial charge >= 0.3 is 0 Å². The van der Waals surface area contributed by atoms with Crippen molar-refractivity contribution >= 4 is 33.6 Å². The van der Waals surface area contributed by atoms with Crippen molar-refractivity contribution in [1.82, 2.24) is 4.57 Å². The van der Waals surface area contributed by atoms with E-state index in [1.165, 1.54) is 17.5 Å². The molecule has 15 heavy (non-hydrogen) atoms. The van der Waals surface area contributed by atoms with Crippen molar-refractivity contribution in [3.8, 4) is 0 Å². The minimum absolute atomic E-state index is 0.184. The molecule has 2 aromatic heterocycles. The van der Waals surface area contributed by atoms with Gasteiger partial charge in [0, 0.05) is 17.1 Å². The Kier molecular flexibility index (Phi) is 2.43. The average molecular weight is 241 g/mol. The van der Waals surface area contributed by atoms with Crippen LogP contribution in [-0.4, -0.2) is 4.57 Å². The van der Waals surface area contributed by atoms with Gasteiger partial charge < -0.3 is 4.57 Å². The molecule has 0 N–H and O–H groups in total. The summed E-state index contributed by atoms with van der Waals surface area (Å²) in [4.78, 5) is 0. The lowest BCUT2D eigenvalue weighted by molar-refractivity contribution is 0.385. The third kappa shape index (κ3) is 1.72. The molecule has 2 rings (SSSR count). The summed E-state index contributed by atoms with van der Waals surface area (Å²) >= 11 is 6.86. The Hall–Kier alpha value is -0.740. The number of hydrogen-bond donors (Lipinski definition) is 0. The summed E-state index contributed by atoms with van der Waals surface area (Å²) in [7, 11) is 0. The van der Waals surface area contributed by atoms with E-state index < -0.39 is 0 Å².